The van der Waals surface area contributed by atoms with Gasteiger partial charge in [-0.1, -0.05) is 18.2 Å². The molecule has 1 aliphatic rings. The van der Waals surface area contributed by atoms with Gasteiger partial charge in [-0.2, -0.15) is 13.2 Å². The lowest BCUT2D eigenvalue weighted by atomic mass is 10.1. The lowest BCUT2D eigenvalue weighted by molar-refractivity contribution is -0.192. The van der Waals surface area contributed by atoms with Crippen LogP contribution in [0.15, 0.2) is 30.3 Å². The van der Waals surface area contributed by atoms with Gasteiger partial charge in [-0.05, 0) is 25.0 Å². The Morgan fingerprint density at radius 2 is 1.73 bits per heavy atom. The number of carbonyl (C=O) groups excluding carboxylic acids is 2. The predicted molar refractivity (Wildman–Crippen MR) is 70.7 cm³/mol. The second-order valence-corrected chi connectivity index (χ2v) is 4.82. The Morgan fingerprint density at radius 3 is 2.27 bits per heavy atom. The standard InChI is InChI=1S/C14H15F3N2O3/c15-14(16,17)13(21)19(11-6-8-22-9-7-11)18-12(20)10-4-2-1-3-5-10/h1-5,11H,6-9H2,(H,18,20). The molecule has 0 unspecified atom stereocenters. The Bertz CT molecular complexity index is 528. The highest BCUT2D eigenvalue weighted by Gasteiger charge is 2.45. The molecule has 1 heterocycles. The molecule has 2 rings (SSSR count). The van der Waals surface area contributed by atoms with Crippen LogP contribution in [0.5, 0.6) is 0 Å². The van der Waals surface area contributed by atoms with Crippen molar-refractivity contribution in [3.05, 3.63) is 35.9 Å². The van der Waals surface area contributed by atoms with Crippen LogP contribution in [0.3, 0.4) is 0 Å². The van der Waals surface area contributed by atoms with Gasteiger partial charge in [0.15, 0.2) is 0 Å². The molecule has 0 aromatic heterocycles. The van der Waals surface area contributed by atoms with Crippen LogP contribution in [-0.2, 0) is 9.53 Å². The average molecular weight is 316 g/mol. The molecule has 0 aliphatic carbocycles. The Hall–Kier alpha value is -2.09. The van der Waals surface area contributed by atoms with E-state index >= 15 is 0 Å². The molecule has 1 aliphatic heterocycles. The van der Waals surface area contributed by atoms with Gasteiger partial charge < -0.3 is 4.74 Å². The highest BCUT2D eigenvalue weighted by atomic mass is 19.4. The smallest absolute Gasteiger partial charge is 0.381 e. The fraction of sp³-hybridized carbons (Fsp3) is 0.429. The van der Waals surface area contributed by atoms with Crippen molar-refractivity contribution >= 4 is 11.8 Å². The summed E-state index contributed by atoms with van der Waals surface area (Å²) in [6.45, 7) is 0.487. The van der Waals surface area contributed by atoms with Crippen molar-refractivity contribution in [2.75, 3.05) is 13.2 Å². The summed E-state index contributed by atoms with van der Waals surface area (Å²) in [5.41, 5.74) is 2.25. The fourth-order valence-corrected chi connectivity index (χ4v) is 2.15. The number of nitrogens with one attached hydrogen (secondary N) is 1. The van der Waals surface area contributed by atoms with Crippen molar-refractivity contribution < 1.29 is 27.5 Å². The first-order valence-corrected chi connectivity index (χ1v) is 6.74. The number of benzene rings is 1. The van der Waals surface area contributed by atoms with Crippen molar-refractivity contribution in [3.63, 3.8) is 0 Å². The van der Waals surface area contributed by atoms with Gasteiger partial charge in [0, 0.05) is 18.8 Å². The third kappa shape index (κ3) is 3.97. The van der Waals surface area contributed by atoms with Gasteiger partial charge >= 0.3 is 12.1 Å². The molecule has 0 atom stereocenters. The monoisotopic (exact) mass is 316 g/mol. The summed E-state index contributed by atoms with van der Waals surface area (Å²) in [7, 11) is 0. The van der Waals surface area contributed by atoms with E-state index in [1.807, 2.05) is 0 Å². The van der Waals surface area contributed by atoms with Gasteiger partial charge in [0.05, 0.1) is 6.04 Å². The van der Waals surface area contributed by atoms with Gasteiger partial charge in [-0.3, -0.25) is 15.0 Å². The van der Waals surface area contributed by atoms with Gasteiger partial charge in [0.2, 0.25) is 0 Å². The number of rotatable bonds is 2. The zero-order chi connectivity index (χ0) is 16.2. The van der Waals surface area contributed by atoms with Gasteiger partial charge in [0.1, 0.15) is 0 Å². The molecule has 5 nitrogen and oxygen atoms in total. The minimum atomic E-state index is -5.05. The molecule has 0 saturated carbocycles. The number of carbonyl (C=O) groups is 2. The molecule has 1 fully saturated rings. The Kier molecular flexibility index (Phi) is 5.02. The quantitative estimate of drug-likeness (QED) is 0.848. The molecule has 1 aromatic carbocycles. The summed E-state index contributed by atoms with van der Waals surface area (Å²) >= 11 is 0. The molecular formula is C14H15F3N2O3. The molecule has 0 radical (unpaired) electrons. The van der Waals surface area contributed by atoms with Crippen LogP contribution in [0.25, 0.3) is 0 Å². The maximum absolute atomic E-state index is 12.7. The summed E-state index contributed by atoms with van der Waals surface area (Å²) in [5, 5.41) is 0.387. The second-order valence-electron chi connectivity index (χ2n) is 4.82. The van der Waals surface area contributed by atoms with Crippen molar-refractivity contribution in [3.8, 4) is 0 Å². The molecule has 1 N–H and O–H groups in total. The van der Waals surface area contributed by atoms with Crippen molar-refractivity contribution in [1.29, 1.82) is 0 Å². The molecule has 0 spiro atoms. The normalized spacial score (nSPS) is 16.1. The SMILES string of the molecule is O=C(NN(C(=O)C(F)(F)F)C1CCOCC1)c1ccccc1. The van der Waals surface area contributed by atoms with Gasteiger partial charge in [0.25, 0.3) is 5.91 Å². The van der Waals surface area contributed by atoms with Crippen LogP contribution in [0, 0.1) is 0 Å². The number of halogens is 3. The number of hydrogen-bond acceptors (Lipinski definition) is 3. The molecule has 22 heavy (non-hydrogen) atoms. The first kappa shape index (κ1) is 16.3. The molecule has 8 heteroatoms. The van der Waals surface area contributed by atoms with E-state index in [1.165, 1.54) is 12.1 Å². The van der Waals surface area contributed by atoms with E-state index in [1.54, 1.807) is 18.2 Å². The predicted octanol–water partition coefficient (Wildman–Crippen LogP) is 1.90. The van der Waals surface area contributed by atoms with E-state index in [0.29, 0.717) is 5.01 Å². The van der Waals surface area contributed by atoms with E-state index < -0.39 is 24.0 Å². The maximum atomic E-state index is 12.7. The Morgan fingerprint density at radius 1 is 1.14 bits per heavy atom. The molecule has 2 amide bonds. The average Bonchev–Trinajstić information content (AvgIpc) is 2.52. The first-order valence-electron chi connectivity index (χ1n) is 6.74. The van der Waals surface area contributed by atoms with E-state index in [4.69, 9.17) is 4.74 Å². The summed E-state index contributed by atoms with van der Waals surface area (Å²) < 4.78 is 43.3. The van der Waals surface area contributed by atoms with Crippen LogP contribution < -0.4 is 5.43 Å². The lowest BCUT2D eigenvalue weighted by Gasteiger charge is -2.34. The minimum Gasteiger partial charge on any atom is -0.381 e. The third-order valence-electron chi connectivity index (χ3n) is 3.28. The van der Waals surface area contributed by atoms with E-state index in [0.717, 1.165) is 0 Å². The number of nitrogens with zero attached hydrogens (tertiary/aromatic N) is 1. The van der Waals surface area contributed by atoms with E-state index in [9.17, 15) is 22.8 Å². The number of hydrazine groups is 1. The number of amides is 2. The number of ether oxygens (including phenoxy) is 1. The topological polar surface area (TPSA) is 58.6 Å². The second kappa shape index (κ2) is 6.78. The van der Waals surface area contributed by atoms with Crippen molar-refractivity contribution in [1.82, 2.24) is 10.4 Å². The van der Waals surface area contributed by atoms with Crippen molar-refractivity contribution in [2.45, 2.75) is 25.1 Å². The van der Waals surface area contributed by atoms with Crippen LogP contribution in [0.2, 0.25) is 0 Å². The highest BCUT2D eigenvalue weighted by Crippen LogP contribution is 2.22. The Labute approximate surface area is 125 Å². The van der Waals surface area contributed by atoms with Crippen LogP contribution in [-0.4, -0.2) is 42.3 Å². The molecule has 120 valence electrons. The zero-order valence-electron chi connectivity index (χ0n) is 11.6. The molecular weight excluding hydrogens is 301 g/mol. The molecule has 0 bridgehead atoms. The van der Waals surface area contributed by atoms with E-state index in [-0.39, 0.29) is 31.6 Å². The maximum Gasteiger partial charge on any atom is 0.473 e. The van der Waals surface area contributed by atoms with Gasteiger partial charge in [-0.25, -0.2) is 5.01 Å². The third-order valence-corrected chi connectivity index (χ3v) is 3.28. The molecule has 1 aromatic rings. The largest absolute Gasteiger partial charge is 0.473 e. The summed E-state index contributed by atoms with van der Waals surface area (Å²) in [4.78, 5) is 23.6. The number of alkyl halides is 3. The van der Waals surface area contributed by atoms with Gasteiger partial charge in [-0.15, -0.1) is 0 Å². The van der Waals surface area contributed by atoms with E-state index in [2.05, 4.69) is 5.43 Å². The fourth-order valence-electron chi connectivity index (χ4n) is 2.15. The summed E-state index contributed by atoms with van der Waals surface area (Å²) in [6.07, 6.45) is -4.59. The van der Waals surface area contributed by atoms with Crippen LogP contribution >= 0.6 is 0 Å². The Balaban J connectivity index is 2.17. The van der Waals surface area contributed by atoms with Crippen LogP contribution in [0.1, 0.15) is 23.2 Å². The summed E-state index contributed by atoms with van der Waals surface area (Å²) in [6, 6.07) is 7.01. The highest BCUT2D eigenvalue weighted by molar-refractivity contribution is 5.95. The first-order chi connectivity index (χ1) is 10.4. The summed E-state index contributed by atoms with van der Waals surface area (Å²) in [5.74, 6) is -2.84. The van der Waals surface area contributed by atoms with Crippen LogP contribution in [0.4, 0.5) is 13.2 Å². The number of hydrogen-bond donors (Lipinski definition) is 1. The zero-order valence-corrected chi connectivity index (χ0v) is 11.6. The molecule has 1 saturated heterocycles. The lowest BCUT2D eigenvalue weighted by Crippen LogP contribution is -2.57. The van der Waals surface area contributed by atoms with Crippen molar-refractivity contribution in [2.24, 2.45) is 0 Å². The minimum absolute atomic E-state index is 0.175.